The molecule has 4 nitrogen and oxygen atoms in total. The average molecular weight is 282 g/mol. The maximum Gasteiger partial charge on any atom is 0.128 e. The van der Waals surface area contributed by atoms with Crippen molar-refractivity contribution in [3.05, 3.63) is 35.1 Å². The minimum atomic E-state index is -0.208. The van der Waals surface area contributed by atoms with E-state index in [0.29, 0.717) is 25.2 Å². The van der Waals surface area contributed by atoms with E-state index >= 15 is 0 Å². The van der Waals surface area contributed by atoms with Crippen LogP contribution in [0.2, 0.25) is 0 Å². The van der Waals surface area contributed by atoms with E-state index < -0.39 is 0 Å². The summed E-state index contributed by atoms with van der Waals surface area (Å²) in [6.45, 7) is 3.72. The Bertz CT molecular complexity index is 443. The van der Waals surface area contributed by atoms with Crippen molar-refractivity contribution < 1.29 is 13.9 Å². The molecule has 0 radical (unpaired) electrons. The topological polar surface area (TPSA) is 47.7 Å². The van der Waals surface area contributed by atoms with E-state index in [2.05, 4.69) is 4.90 Å². The van der Waals surface area contributed by atoms with Crippen molar-refractivity contribution in [2.75, 3.05) is 33.9 Å². The molecule has 0 aromatic heterocycles. The fraction of sp³-hybridized carbons (Fsp3) is 0.600. The minimum absolute atomic E-state index is 0.00178. The Balaban J connectivity index is 2.23. The van der Waals surface area contributed by atoms with Crippen LogP contribution in [-0.4, -0.2) is 51.0 Å². The SMILES string of the molecule is COC1CN(C(CN)c2cc(C)ccc2F)CC1OC. The molecule has 1 aromatic rings. The quantitative estimate of drug-likeness (QED) is 0.888. The first-order valence-corrected chi connectivity index (χ1v) is 6.86. The highest BCUT2D eigenvalue weighted by Crippen LogP contribution is 2.28. The molecule has 3 unspecified atom stereocenters. The van der Waals surface area contributed by atoms with Crippen LogP contribution >= 0.6 is 0 Å². The van der Waals surface area contributed by atoms with Crippen LogP contribution in [-0.2, 0) is 9.47 Å². The number of aryl methyl sites for hydroxylation is 1. The van der Waals surface area contributed by atoms with Crippen LogP contribution in [0.3, 0.4) is 0 Å². The van der Waals surface area contributed by atoms with Crippen LogP contribution in [0, 0.1) is 12.7 Å². The van der Waals surface area contributed by atoms with Crippen LogP contribution in [0.25, 0.3) is 0 Å². The lowest BCUT2D eigenvalue weighted by Crippen LogP contribution is -2.33. The monoisotopic (exact) mass is 282 g/mol. The van der Waals surface area contributed by atoms with E-state index in [1.807, 2.05) is 13.0 Å². The molecule has 20 heavy (non-hydrogen) atoms. The number of methoxy groups -OCH3 is 2. The van der Waals surface area contributed by atoms with Gasteiger partial charge in [-0.2, -0.15) is 0 Å². The third-order valence-electron chi connectivity index (χ3n) is 4.02. The first-order valence-electron chi connectivity index (χ1n) is 6.86. The van der Waals surface area contributed by atoms with Crippen molar-refractivity contribution in [2.24, 2.45) is 5.73 Å². The Labute approximate surface area is 119 Å². The molecule has 5 heteroatoms. The molecule has 1 aromatic carbocycles. The minimum Gasteiger partial charge on any atom is -0.377 e. The molecule has 1 aliphatic rings. The molecule has 0 saturated carbocycles. The lowest BCUT2D eigenvalue weighted by Gasteiger charge is -2.27. The third kappa shape index (κ3) is 3.01. The number of likely N-dealkylation sites (tertiary alicyclic amines) is 1. The van der Waals surface area contributed by atoms with Crippen molar-refractivity contribution in [1.29, 1.82) is 0 Å². The van der Waals surface area contributed by atoms with E-state index in [1.165, 1.54) is 6.07 Å². The number of halogens is 1. The summed E-state index contributed by atoms with van der Waals surface area (Å²) in [6, 6.07) is 5.00. The van der Waals surface area contributed by atoms with Gasteiger partial charge in [0.1, 0.15) is 5.82 Å². The predicted octanol–water partition coefficient (Wildman–Crippen LogP) is 1.48. The highest BCUT2D eigenvalue weighted by atomic mass is 19.1. The second-order valence-electron chi connectivity index (χ2n) is 5.28. The molecule has 0 bridgehead atoms. The highest BCUT2D eigenvalue weighted by Gasteiger charge is 2.37. The van der Waals surface area contributed by atoms with Crippen LogP contribution in [0.5, 0.6) is 0 Å². The number of benzene rings is 1. The average Bonchev–Trinajstić information content (AvgIpc) is 2.86. The van der Waals surface area contributed by atoms with E-state index in [-0.39, 0.29) is 24.1 Å². The van der Waals surface area contributed by atoms with Gasteiger partial charge in [-0.25, -0.2) is 4.39 Å². The Hall–Kier alpha value is -1.01. The van der Waals surface area contributed by atoms with Gasteiger partial charge in [-0.05, 0) is 13.0 Å². The van der Waals surface area contributed by atoms with E-state index in [0.717, 1.165) is 5.56 Å². The van der Waals surface area contributed by atoms with Crippen LogP contribution in [0.4, 0.5) is 4.39 Å². The summed E-state index contributed by atoms with van der Waals surface area (Å²) in [5.74, 6) is -0.208. The van der Waals surface area contributed by atoms with Crippen LogP contribution in [0.1, 0.15) is 17.2 Å². The van der Waals surface area contributed by atoms with E-state index in [4.69, 9.17) is 15.2 Å². The maximum absolute atomic E-state index is 14.1. The molecule has 112 valence electrons. The summed E-state index contributed by atoms with van der Waals surface area (Å²) in [6.07, 6.45) is 0.00356. The molecule has 1 heterocycles. The fourth-order valence-corrected chi connectivity index (χ4v) is 2.87. The maximum atomic E-state index is 14.1. The van der Waals surface area contributed by atoms with Crippen molar-refractivity contribution in [2.45, 2.75) is 25.2 Å². The van der Waals surface area contributed by atoms with Gasteiger partial charge in [0.2, 0.25) is 0 Å². The summed E-state index contributed by atoms with van der Waals surface area (Å²) in [5.41, 5.74) is 7.57. The number of hydrogen-bond acceptors (Lipinski definition) is 4. The Morgan fingerprint density at radius 3 is 2.40 bits per heavy atom. The molecule has 0 aliphatic carbocycles. The van der Waals surface area contributed by atoms with Gasteiger partial charge in [0.05, 0.1) is 18.2 Å². The second-order valence-corrected chi connectivity index (χ2v) is 5.28. The van der Waals surface area contributed by atoms with Gasteiger partial charge in [0.15, 0.2) is 0 Å². The molecule has 1 fully saturated rings. The van der Waals surface area contributed by atoms with Crippen LogP contribution in [0.15, 0.2) is 18.2 Å². The largest absolute Gasteiger partial charge is 0.377 e. The summed E-state index contributed by atoms with van der Waals surface area (Å²) >= 11 is 0. The molecule has 1 aliphatic heterocycles. The van der Waals surface area contributed by atoms with Crippen LogP contribution < -0.4 is 5.73 Å². The standard InChI is InChI=1S/C15H23FN2O2/c1-10-4-5-12(16)11(6-10)13(7-17)18-8-14(19-2)15(9-18)20-3/h4-6,13-15H,7-9,17H2,1-3H3. The van der Waals surface area contributed by atoms with Gasteiger partial charge < -0.3 is 15.2 Å². The van der Waals surface area contributed by atoms with Crippen molar-refractivity contribution in [3.63, 3.8) is 0 Å². The molecule has 0 amide bonds. The Morgan fingerprint density at radius 2 is 1.90 bits per heavy atom. The van der Waals surface area contributed by atoms with Gasteiger partial charge >= 0.3 is 0 Å². The van der Waals surface area contributed by atoms with Crippen molar-refractivity contribution in [3.8, 4) is 0 Å². The summed E-state index contributed by atoms with van der Waals surface area (Å²) in [7, 11) is 3.34. The number of nitrogens with two attached hydrogens (primary N) is 1. The summed E-state index contributed by atoms with van der Waals surface area (Å²) in [4.78, 5) is 2.14. The third-order valence-corrected chi connectivity index (χ3v) is 4.02. The zero-order valence-corrected chi connectivity index (χ0v) is 12.3. The highest BCUT2D eigenvalue weighted by molar-refractivity contribution is 5.27. The normalized spacial score (nSPS) is 25.1. The lowest BCUT2D eigenvalue weighted by molar-refractivity contribution is -0.00461. The molecule has 0 spiro atoms. The molecular weight excluding hydrogens is 259 g/mol. The lowest BCUT2D eigenvalue weighted by atomic mass is 10.0. The van der Waals surface area contributed by atoms with Gasteiger partial charge in [-0.1, -0.05) is 17.7 Å². The van der Waals surface area contributed by atoms with Crippen molar-refractivity contribution in [1.82, 2.24) is 4.90 Å². The first-order chi connectivity index (χ1) is 9.60. The number of ether oxygens (including phenoxy) is 2. The summed E-state index contributed by atoms with van der Waals surface area (Å²) < 4.78 is 24.9. The number of rotatable bonds is 5. The molecule has 2 rings (SSSR count). The molecule has 2 N–H and O–H groups in total. The number of hydrogen-bond donors (Lipinski definition) is 1. The molecule has 3 atom stereocenters. The Morgan fingerprint density at radius 1 is 1.30 bits per heavy atom. The van der Waals surface area contributed by atoms with E-state index in [9.17, 15) is 4.39 Å². The molecule has 1 saturated heterocycles. The number of nitrogens with zero attached hydrogens (tertiary/aromatic N) is 1. The van der Waals surface area contributed by atoms with Crippen molar-refractivity contribution >= 4 is 0 Å². The van der Waals surface area contributed by atoms with Gasteiger partial charge in [-0.15, -0.1) is 0 Å². The van der Waals surface area contributed by atoms with Gasteiger partial charge in [0.25, 0.3) is 0 Å². The predicted molar refractivity (Wildman–Crippen MR) is 76.1 cm³/mol. The van der Waals surface area contributed by atoms with Gasteiger partial charge in [0, 0.05) is 39.4 Å². The zero-order valence-electron chi connectivity index (χ0n) is 12.3. The van der Waals surface area contributed by atoms with E-state index in [1.54, 1.807) is 20.3 Å². The fourth-order valence-electron chi connectivity index (χ4n) is 2.87. The Kier molecular flexibility index (Phi) is 5.10. The zero-order chi connectivity index (χ0) is 14.7. The smallest absolute Gasteiger partial charge is 0.128 e. The van der Waals surface area contributed by atoms with Gasteiger partial charge in [-0.3, -0.25) is 4.90 Å². The second kappa shape index (κ2) is 6.63. The summed E-state index contributed by atoms with van der Waals surface area (Å²) in [5, 5.41) is 0. The first kappa shape index (κ1) is 15.4. The molecular formula is C15H23FN2O2.